The molecule has 0 atom stereocenters. The zero-order valence-corrected chi connectivity index (χ0v) is 18.2. The fourth-order valence-electron chi connectivity index (χ4n) is 3.93. The average Bonchev–Trinajstić information content (AvgIpc) is 3.09. The first kappa shape index (κ1) is 20.1. The second kappa shape index (κ2) is 8.02. The monoisotopic (exact) mass is 437 g/mol. The molecule has 1 amide bonds. The zero-order valence-electron chi connectivity index (χ0n) is 17.4. The highest BCUT2D eigenvalue weighted by molar-refractivity contribution is 8.27. The number of hydrogen-bond donors (Lipinski definition) is 0. The van der Waals surface area contributed by atoms with Crippen LogP contribution in [-0.4, -0.2) is 17.5 Å². The minimum Gasteiger partial charge on any atom is -0.496 e. The topological polar surface area (TPSA) is 46.6 Å². The number of rotatable bonds is 4. The van der Waals surface area contributed by atoms with E-state index in [4.69, 9.17) is 4.74 Å². The zero-order chi connectivity index (χ0) is 22.2. The van der Waals surface area contributed by atoms with E-state index in [0.717, 1.165) is 38.8 Å². The van der Waals surface area contributed by atoms with Gasteiger partial charge in [-0.3, -0.25) is 14.5 Å². The number of nitrogens with zero attached hydrogens (tertiary/aromatic N) is 1. The number of ether oxygens (including phenoxy) is 1. The van der Waals surface area contributed by atoms with Crippen LogP contribution in [0.3, 0.4) is 0 Å². The number of carbonyl (C=O) groups is 2. The molecular formula is C27H19NO3S. The highest BCUT2D eigenvalue weighted by Crippen LogP contribution is 2.37. The lowest BCUT2D eigenvalue weighted by atomic mass is 9.96. The maximum absolute atomic E-state index is 12.2. The summed E-state index contributed by atoms with van der Waals surface area (Å²) < 4.78 is 5.58. The van der Waals surface area contributed by atoms with Crippen LogP contribution in [0, 0.1) is 0 Å². The normalized spacial score (nSPS) is 13.8. The summed E-state index contributed by atoms with van der Waals surface area (Å²) in [6, 6.07) is 28.3. The van der Waals surface area contributed by atoms with Gasteiger partial charge in [-0.2, -0.15) is 0 Å². The molecular weight excluding hydrogens is 418 g/mol. The molecule has 0 aliphatic carbocycles. The van der Waals surface area contributed by atoms with Crippen molar-refractivity contribution in [2.75, 3.05) is 12.0 Å². The number of thioether (sulfide) groups is 1. The van der Waals surface area contributed by atoms with E-state index in [0.29, 0.717) is 17.4 Å². The molecule has 5 heteroatoms. The van der Waals surface area contributed by atoms with Crippen molar-refractivity contribution < 1.29 is 14.3 Å². The third-order valence-corrected chi connectivity index (χ3v) is 6.35. The molecule has 1 saturated heterocycles. The molecule has 0 radical (unpaired) electrons. The Kier molecular flexibility index (Phi) is 5.04. The van der Waals surface area contributed by atoms with Gasteiger partial charge in [-0.1, -0.05) is 61.2 Å². The van der Waals surface area contributed by atoms with Crippen molar-refractivity contribution in [1.29, 1.82) is 0 Å². The maximum atomic E-state index is 12.2. The SMILES string of the molecule is C=C1C(=O)SC(=O)N1c1ccc2cc(-c3ccc(OC)c(-c4ccccc4)c3)ccc2c1. The van der Waals surface area contributed by atoms with Gasteiger partial charge in [0, 0.05) is 17.3 Å². The molecule has 32 heavy (non-hydrogen) atoms. The summed E-state index contributed by atoms with van der Waals surface area (Å²) in [5.41, 5.74) is 5.14. The van der Waals surface area contributed by atoms with E-state index in [1.54, 1.807) is 7.11 Å². The van der Waals surface area contributed by atoms with Crippen molar-refractivity contribution in [3.05, 3.63) is 97.2 Å². The van der Waals surface area contributed by atoms with Crippen LogP contribution in [0.5, 0.6) is 5.75 Å². The minimum absolute atomic E-state index is 0.197. The Morgan fingerprint density at radius 3 is 2.19 bits per heavy atom. The van der Waals surface area contributed by atoms with Crippen molar-refractivity contribution in [3.63, 3.8) is 0 Å². The largest absolute Gasteiger partial charge is 0.496 e. The molecule has 5 rings (SSSR count). The predicted octanol–water partition coefficient (Wildman–Crippen LogP) is 6.90. The lowest BCUT2D eigenvalue weighted by Gasteiger charge is -2.16. The van der Waals surface area contributed by atoms with Crippen LogP contribution in [-0.2, 0) is 4.79 Å². The Hall–Kier alpha value is -3.83. The first-order chi connectivity index (χ1) is 15.5. The molecule has 0 aromatic heterocycles. The van der Waals surface area contributed by atoms with Crippen LogP contribution in [0.15, 0.2) is 97.2 Å². The number of benzene rings is 4. The molecule has 0 N–H and O–H groups in total. The van der Waals surface area contributed by atoms with Crippen LogP contribution in [0.2, 0.25) is 0 Å². The van der Waals surface area contributed by atoms with E-state index in [-0.39, 0.29) is 16.1 Å². The van der Waals surface area contributed by atoms with Gasteiger partial charge in [0.05, 0.1) is 18.5 Å². The number of hydrogen-bond acceptors (Lipinski definition) is 4. The number of amides is 1. The van der Waals surface area contributed by atoms with Gasteiger partial charge in [0.25, 0.3) is 5.24 Å². The highest BCUT2D eigenvalue weighted by Gasteiger charge is 2.34. The van der Waals surface area contributed by atoms with Crippen LogP contribution in [0.25, 0.3) is 33.0 Å². The summed E-state index contributed by atoms with van der Waals surface area (Å²) >= 11 is 0.677. The number of anilines is 1. The standard InChI is InChI=1S/C27H19NO3S/c1-17-26(29)32-27(30)28(17)23-12-10-20-14-19(8-9-21(20)15-23)22-11-13-25(31-2)24(16-22)18-6-4-3-5-7-18/h3-16H,1H2,2H3. The second-order valence-electron chi connectivity index (χ2n) is 7.46. The van der Waals surface area contributed by atoms with Crippen molar-refractivity contribution in [3.8, 4) is 28.0 Å². The lowest BCUT2D eigenvalue weighted by molar-refractivity contribution is -0.107. The van der Waals surface area contributed by atoms with E-state index < -0.39 is 0 Å². The van der Waals surface area contributed by atoms with E-state index >= 15 is 0 Å². The van der Waals surface area contributed by atoms with Gasteiger partial charge in [0.1, 0.15) is 5.75 Å². The molecule has 4 aromatic rings. The maximum Gasteiger partial charge on any atom is 0.298 e. The van der Waals surface area contributed by atoms with E-state index in [1.165, 1.54) is 4.90 Å². The second-order valence-corrected chi connectivity index (χ2v) is 8.39. The first-order valence-electron chi connectivity index (χ1n) is 10.1. The minimum atomic E-state index is -0.317. The smallest absolute Gasteiger partial charge is 0.298 e. The van der Waals surface area contributed by atoms with Crippen LogP contribution >= 0.6 is 11.8 Å². The molecule has 0 bridgehead atoms. The van der Waals surface area contributed by atoms with E-state index in [2.05, 4.69) is 43.0 Å². The Bertz CT molecular complexity index is 1390. The van der Waals surface area contributed by atoms with Crippen molar-refractivity contribution in [2.45, 2.75) is 0 Å². The summed E-state index contributed by atoms with van der Waals surface area (Å²) in [6.45, 7) is 3.75. The summed E-state index contributed by atoms with van der Waals surface area (Å²) in [7, 11) is 1.68. The molecule has 1 aliphatic rings. The number of methoxy groups -OCH3 is 1. The third kappa shape index (κ3) is 3.47. The summed E-state index contributed by atoms with van der Waals surface area (Å²) in [4.78, 5) is 25.3. The molecule has 4 nitrogen and oxygen atoms in total. The Morgan fingerprint density at radius 1 is 0.781 bits per heavy atom. The molecule has 0 unspecified atom stereocenters. The van der Waals surface area contributed by atoms with Gasteiger partial charge in [-0.05, 0) is 57.8 Å². The fraction of sp³-hybridized carbons (Fsp3) is 0.0370. The molecule has 156 valence electrons. The highest BCUT2D eigenvalue weighted by atomic mass is 32.2. The lowest BCUT2D eigenvalue weighted by Crippen LogP contribution is -2.20. The molecule has 0 saturated carbocycles. The van der Waals surface area contributed by atoms with Gasteiger partial charge >= 0.3 is 0 Å². The van der Waals surface area contributed by atoms with Gasteiger partial charge < -0.3 is 4.74 Å². The predicted molar refractivity (Wildman–Crippen MR) is 131 cm³/mol. The van der Waals surface area contributed by atoms with Crippen molar-refractivity contribution >= 4 is 38.6 Å². The molecule has 0 spiro atoms. The van der Waals surface area contributed by atoms with Gasteiger partial charge in [-0.15, -0.1) is 0 Å². The summed E-state index contributed by atoms with van der Waals surface area (Å²) in [5, 5.41) is 1.40. The Morgan fingerprint density at radius 2 is 1.47 bits per heavy atom. The van der Waals surface area contributed by atoms with Gasteiger partial charge in [0.2, 0.25) is 5.12 Å². The Balaban J connectivity index is 1.54. The molecule has 4 aromatic carbocycles. The van der Waals surface area contributed by atoms with Crippen LogP contribution < -0.4 is 9.64 Å². The van der Waals surface area contributed by atoms with Crippen LogP contribution in [0.1, 0.15) is 0 Å². The summed E-state index contributed by atoms with van der Waals surface area (Å²) in [6.07, 6.45) is 0. The van der Waals surface area contributed by atoms with E-state index in [1.807, 2.05) is 48.5 Å². The van der Waals surface area contributed by atoms with Crippen molar-refractivity contribution in [1.82, 2.24) is 0 Å². The third-order valence-electron chi connectivity index (χ3n) is 5.57. The van der Waals surface area contributed by atoms with Crippen molar-refractivity contribution in [2.24, 2.45) is 0 Å². The Labute approximate surface area is 190 Å². The van der Waals surface area contributed by atoms with E-state index in [9.17, 15) is 9.59 Å². The first-order valence-corrected chi connectivity index (χ1v) is 10.9. The quantitative estimate of drug-likeness (QED) is 0.326. The fourth-order valence-corrected chi connectivity index (χ4v) is 4.60. The molecule has 1 fully saturated rings. The molecule has 1 heterocycles. The van der Waals surface area contributed by atoms with Gasteiger partial charge in [-0.25, -0.2) is 0 Å². The van der Waals surface area contributed by atoms with Gasteiger partial charge in [0.15, 0.2) is 0 Å². The van der Waals surface area contributed by atoms with Crippen LogP contribution in [0.4, 0.5) is 10.5 Å². The number of fused-ring (bicyclic) bond motifs is 1. The average molecular weight is 438 g/mol. The summed E-state index contributed by atoms with van der Waals surface area (Å²) in [5.74, 6) is 0.827. The molecule has 1 aliphatic heterocycles. The number of carbonyl (C=O) groups excluding carboxylic acids is 2.